The predicted molar refractivity (Wildman–Crippen MR) is 92.1 cm³/mol. The Morgan fingerprint density at radius 3 is 2.60 bits per heavy atom. The van der Waals surface area contributed by atoms with Gasteiger partial charge < -0.3 is 4.74 Å². The van der Waals surface area contributed by atoms with Gasteiger partial charge in [0.05, 0.1) is 6.20 Å². The zero-order valence-corrected chi connectivity index (χ0v) is 15.7. The molecule has 0 atom stereocenters. The molecule has 8 heteroatoms. The second-order valence-corrected chi connectivity index (χ2v) is 7.68. The highest BCUT2D eigenvalue weighted by Gasteiger charge is 2.28. The lowest BCUT2D eigenvalue weighted by molar-refractivity contribution is 0.0242. The van der Waals surface area contributed by atoms with E-state index in [0.717, 1.165) is 15.7 Å². The average molecular weight is 414 g/mol. The van der Waals surface area contributed by atoms with Gasteiger partial charge in [-0.15, -0.1) is 0 Å². The van der Waals surface area contributed by atoms with Crippen molar-refractivity contribution in [2.75, 3.05) is 0 Å². The number of fused-ring (bicyclic) bond motifs is 1. The first-order valence-corrected chi connectivity index (χ1v) is 8.56. The fourth-order valence-corrected chi connectivity index (χ4v) is 3.15. The first-order chi connectivity index (χ1) is 11.7. The molecule has 0 aliphatic carbocycles. The average Bonchev–Trinajstić information content (AvgIpc) is 3.07. The number of ether oxygens (including phenoxy) is 1. The van der Waals surface area contributed by atoms with Crippen LogP contribution in [0.3, 0.4) is 0 Å². The van der Waals surface area contributed by atoms with Crippen LogP contribution in [0.4, 0.5) is 13.6 Å². The maximum atomic E-state index is 13.2. The summed E-state index contributed by atoms with van der Waals surface area (Å²) in [7, 11) is 0. The molecule has 0 unspecified atom stereocenters. The van der Waals surface area contributed by atoms with E-state index < -0.39 is 12.2 Å². The van der Waals surface area contributed by atoms with E-state index in [0.29, 0.717) is 18.7 Å². The van der Waals surface area contributed by atoms with E-state index in [1.54, 1.807) is 17.0 Å². The lowest BCUT2D eigenvalue weighted by Gasteiger charge is -2.24. The van der Waals surface area contributed by atoms with Gasteiger partial charge in [0, 0.05) is 18.7 Å². The summed E-state index contributed by atoms with van der Waals surface area (Å²) < 4.78 is 32.9. The zero-order chi connectivity index (χ0) is 18.4. The summed E-state index contributed by atoms with van der Waals surface area (Å²) in [5, 5.41) is 0. The summed E-state index contributed by atoms with van der Waals surface area (Å²) in [6.07, 6.45) is 0.962. The van der Waals surface area contributed by atoms with Crippen LogP contribution in [0.25, 0.3) is 11.4 Å². The Morgan fingerprint density at radius 1 is 1.28 bits per heavy atom. The minimum atomic E-state index is -2.70. The van der Waals surface area contributed by atoms with Gasteiger partial charge in [-0.05, 0) is 53.9 Å². The van der Waals surface area contributed by atoms with Crippen LogP contribution in [0, 0.1) is 0 Å². The maximum Gasteiger partial charge on any atom is 0.410 e. The van der Waals surface area contributed by atoms with Crippen LogP contribution >= 0.6 is 15.9 Å². The number of imidazole rings is 1. The van der Waals surface area contributed by atoms with Gasteiger partial charge in [-0.2, -0.15) is 8.78 Å². The lowest BCUT2D eigenvalue weighted by atomic mass is 10.1. The summed E-state index contributed by atoms with van der Waals surface area (Å²) in [6, 6.07) is 5.38. The molecule has 1 amide bonds. The molecular formula is C17H18BrF2N3O2. The van der Waals surface area contributed by atoms with Crippen molar-refractivity contribution in [3.63, 3.8) is 0 Å². The van der Waals surface area contributed by atoms with Crippen molar-refractivity contribution in [2.45, 2.75) is 46.0 Å². The first kappa shape index (κ1) is 17.8. The first-order valence-electron chi connectivity index (χ1n) is 7.76. The van der Waals surface area contributed by atoms with Crippen molar-refractivity contribution in [1.29, 1.82) is 0 Å². The number of rotatable bonds is 2. The minimum absolute atomic E-state index is 0.181. The molecule has 0 N–H and O–H groups in total. The van der Waals surface area contributed by atoms with Gasteiger partial charge in [-0.25, -0.2) is 9.78 Å². The van der Waals surface area contributed by atoms with Gasteiger partial charge in [-0.1, -0.05) is 12.1 Å². The molecule has 0 saturated carbocycles. The van der Waals surface area contributed by atoms with Crippen molar-refractivity contribution < 1.29 is 18.3 Å². The van der Waals surface area contributed by atoms with Gasteiger partial charge in [0.25, 0.3) is 0 Å². The molecule has 1 aliphatic heterocycles. The molecule has 0 radical (unpaired) electrons. The van der Waals surface area contributed by atoms with Crippen LogP contribution < -0.4 is 0 Å². The molecule has 1 aromatic carbocycles. The fraction of sp³-hybridized carbons (Fsp3) is 0.412. The third-order valence-electron chi connectivity index (χ3n) is 3.79. The van der Waals surface area contributed by atoms with Gasteiger partial charge in [-0.3, -0.25) is 9.47 Å². The number of halogens is 3. The maximum absolute atomic E-state index is 13.2. The van der Waals surface area contributed by atoms with Gasteiger partial charge >= 0.3 is 12.6 Å². The van der Waals surface area contributed by atoms with Crippen molar-refractivity contribution in [3.05, 3.63) is 40.1 Å². The number of carbonyl (C=O) groups excluding carboxylic acids is 1. The highest BCUT2D eigenvalue weighted by atomic mass is 79.9. The molecule has 0 saturated heterocycles. The quantitative estimate of drug-likeness (QED) is 0.698. The second-order valence-electron chi connectivity index (χ2n) is 6.87. The van der Waals surface area contributed by atoms with Crippen LogP contribution in [0.1, 0.15) is 38.4 Å². The molecule has 25 heavy (non-hydrogen) atoms. The molecule has 0 bridgehead atoms. The van der Waals surface area contributed by atoms with Crippen molar-refractivity contribution in [3.8, 4) is 11.4 Å². The van der Waals surface area contributed by atoms with Gasteiger partial charge in [0.2, 0.25) is 0 Å². The summed E-state index contributed by atoms with van der Waals surface area (Å²) in [4.78, 5) is 17.9. The van der Waals surface area contributed by atoms with E-state index in [2.05, 4.69) is 20.9 Å². The number of amides is 1. The molecular weight excluding hydrogens is 396 g/mol. The summed E-state index contributed by atoms with van der Waals surface area (Å²) >= 11 is 3.08. The Morgan fingerprint density at radius 2 is 1.96 bits per heavy atom. The number of alkyl halides is 2. The zero-order valence-electron chi connectivity index (χ0n) is 14.1. The third-order valence-corrected chi connectivity index (χ3v) is 4.37. The van der Waals surface area contributed by atoms with E-state index >= 15 is 0 Å². The predicted octanol–water partition coefficient (Wildman–Crippen LogP) is 4.96. The van der Waals surface area contributed by atoms with Crippen LogP contribution in [0.5, 0.6) is 0 Å². The Hall–Kier alpha value is -1.96. The summed E-state index contributed by atoms with van der Waals surface area (Å²) in [5.74, 6) is 0.181. The number of hydrogen-bond donors (Lipinski definition) is 0. The Bertz CT molecular complexity index is 815. The second kappa shape index (κ2) is 6.40. The highest BCUT2D eigenvalue weighted by Crippen LogP contribution is 2.32. The molecule has 2 aromatic rings. The van der Waals surface area contributed by atoms with E-state index in [-0.39, 0.29) is 16.5 Å². The normalized spacial score (nSPS) is 14.1. The topological polar surface area (TPSA) is 47.4 Å². The standard InChI is InChI=1S/C17H18BrF2N3O2/c1-17(2,3)25-16(24)22-8-11-5-4-10(6-12(11)9-22)14-21-7-13(18)23(14)15(19)20/h4-7,15H,8-9H2,1-3H3. The molecule has 0 fully saturated rings. The highest BCUT2D eigenvalue weighted by molar-refractivity contribution is 9.10. The van der Waals surface area contributed by atoms with E-state index in [1.165, 1.54) is 6.20 Å². The fourth-order valence-electron chi connectivity index (χ4n) is 2.73. The number of nitrogens with zero attached hydrogens (tertiary/aromatic N) is 3. The lowest BCUT2D eigenvalue weighted by Crippen LogP contribution is -2.33. The number of aromatic nitrogens is 2. The third kappa shape index (κ3) is 3.68. The summed E-state index contributed by atoms with van der Waals surface area (Å²) in [6.45, 7) is 3.57. The monoisotopic (exact) mass is 413 g/mol. The largest absolute Gasteiger partial charge is 0.444 e. The van der Waals surface area contributed by atoms with Crippen LogP contribution in [-0.2, 0) is 17.8 Å². The van der Waals surface area contributed by atoms with Crippen molar-refractivity contribution in [1.82, 2.24) is 14.5 Å². The van der Waals surface area contributed by atoms with Crippen molar-refractivity contribution in [2.24, 2.45) is 0 Å². The van der Waals surface area contributed by atoms with Gasteiger partial charge in [0.15, 0.2) is 0 Å². The summed E-state index contributed by atoms with van der Waals surface area (Å²) in [5.41, 5.74) is 1.90. The minimum Gasteiger partial charge on any atom is -0.444 e. The number of carbonyl (C=O) groups is 1. The Kier molecular flexibility index (Phi) is 4.57. The number of benzene rings is 1. The molecule has 1 aliphatic rings. The molecule has 2 heterocycles. The molecule has 3 rings (SSSR count). The van der Waals surface area contributed by atoms with Crippen LogP contribution in [0.15, 0.2) is 29.0 Å². The molecule has 1 aromatic heterocycles. The van der Waals surface area contributed by atoms with Crippen molar-refractivity contribution >= 4 is 22.0 Å². The van der Waals surface area contributed by atoms with E-state index in [9.17, 15) is 13.6 Å². The molecule has 0 spiro atoms. The van der Waals surface area contributed by atoms with Crippen LogP contribution in [0.2, 0.25) is 0 Å². The number of hydrogen-bond acceptors (Lipinski definition) is 3. The van der Waals surface area contributed by atoms with E-state index in [4.69, 9.17) is 4.74 Å². The Labute approximate surface area is 152 Å². The smallest absolute Gasteiger partial charge is 0.410 e. The van der Waals surface area contributed by atoms with Gasteiger partial charge in [0.1, 0.15) is 16.0 Å². The Balaban J connectivity index is 1.85. The molecule has 5 nitrogen and oxygen atoms in total. The molecule has 134 valence electrons. The van der Waals surface area contributed by atoms with Crippen LogP contribution in [-0.4, -0.2) is 26.1 Å². The van der Waals surface area contributed by atoms with E-state index in [1.807, 2.05) is 26.8 Å². The SMILES string of the molecule is CC(C)(C)OC(=O)N1Cc2ccc(-c3ncc(Br)n3C(F)F)cc2C1.